The van der Waals surface area contributed by atoms with E-state index in [2.05, 4.69) is 29.0 Å². The summed E-state index contributed by atoms with van der Waals surface area (Å²) in [5.74, 6) is 0.554. The second kappa shape index (κ2) is 8.51. The number of aryl methyl sites for hydroxylation is 1. The SMILES string of the molecule is CCCCCCCc1ccc(-c2ncc(C#N)c(Cl)n2)cc1. The Bertz CT molecular complexity index is 644. The molecule has 0 unspecified atom stereocenters. The molecule has 0 spiro atoms. The van der Waals surface area contributed by atoms with Crippen molar-refractivity contribution in [3.8, 4) is 17.5 Å². The fourth-order valence-electron chi connectivity index (χ4n) is 2.33. The van der Waals surface area contributed by atoms with Gasteiger partial charge in [0.25, 0.3) is 0 Å². The van der Waals surface area contributed by atoms with Crippen LogP contribution in [0.25, 0.3) is 11.4 Å². The van der Waals surface area contributed by atoms with E-state index in [1.807, 2.05) is 18.2 Å². The molecule has 0 saturated carbocycles. The van der Waals surface area contributed by atoms with Crippen LogP contribution in [0.3, 0.4) is 0 Å². The summed E-state index contributed by atoms with van der Waals surface area (Å²) in [5.41, 5.74) is 2.55. The largest absolute Gasteiger partial charge is 0.235 e. The molecular weight excluding hydrogens is 294 g/mol. The van der Waals surface area contributed by atoms with Crippen molar-refractivity contribution >= 4 is 11.6 Å². The molecule has 0 aliphatic carbocycles. The number of unbranched alkanes of at least 4 members (excludes halogenated alkanes) is 4. The monoisotopic (exact) mass is 313 g/mol. The molecule has 0 amide bonds. The van der Waals surface area contributed by atoms with Crippen molar-refractivity contribution in [3.63, 3.8) is 0 Å². The molecule has 3 nitrogen and oxygen atoms in total. The minimum atomic E-state index is 0.201. The van der Waals surface area contributed by atoms with E-state index in [9.17, 15) is 0 Å². The summed E-state index contributed by atoms with van der Waals surface area (Å²) in [6, 6.07) is 10.2. The molecule has 1 heterocycles. The minimum Gasteiger partial charge on any atom is -0.235 e. The third kappa shape index (κ3) is 4.54. The fourth-order valence-corrected chi connectivity index (χ4v) is 2.50. The van der Waals surface area contributed by atoms with Gasteiger partial charge in [0.2, 0.25) is 0 Å². The second-order valence-electron chi connectivity index (χ2n) is 5.37. The summed E-state index contributed by atoms with van der Waals surface area (Å²) < 4.78 is 0. The van der Waals surface area contributed by atoms with Crippen LogP contribution in [-0.4, -0.2) is 9.97 Å². The normalized spacial score (nSPS) is 10.4. The molecule has 1 aromatic carbocycles. The first-order valence-corrected chi connectivity index (χ1v) is 8.14. The van der Waals surface area contributed by atoms with Crippen LogP contribution in [0, 0.1) is 11.3 Å². The van der Waals surface area contributed by atoms with Gasteiger partial charge in [0, 0.05) is 5.56 Å². The molecule has 0 atom stereocenters. The summed E-state index contributed by atoms with van der Waals surface area (Å²) >= 11 is 5.95. The van der Waals surface area contributed by atoms with Gasteiger partial charge < -0.3 is 0 Å². The molecule has 0 N–H and O–H groups in total. The number of aromatic nitrogens is 2. The van der Waals surface area contributed by atoms with Gasteiger partial charge in [-0.1, -0.05) is 68.5 Å². The lowest BCUT2D eigenvalue weighted by molar-refractivity contribution is 0.632. The van der Waals surface area contributed by atoms with Crippen LogP contribution in [0.4, 0.5) is 0 Å². The van der Waals surface area contributed by atoms with Crippen molar-refractivity contribution in [1.82, 2.24) is 9.97 Å². The standard InChI is InChI=1S/C18H20ClN3/c1-2-3-4-5-6-7-14-8-10-15(11-9-14)18-21-13-16(12-20)17(19)22-18/h8-11,13H,2-7H2,1H3. The Kier molecular flexibility index (Phi) is 6.36. The minimum absolute atomic E-state index is 0.201. The molecule has 0 aliphatic rings. The van der Waals surface area contributed by atoms with Gasteiger partial charge in [0.05, 0.1) is 6.20 Å². The maximum Gasteiger partial charge on any atom is 0.160 e. The lowest BCUT2D eigenvalue weighted by Crippen LogP contribution is -1.93. The Hall–Kier alpha value is -1.92. The average molecular weight is 314 g/mol. The number of hydrogen-bond acceptors (Lipinski definition) is 3. The number of benzene rings is 1. The van der Waals surface area contributed by atoms with Gasteiger partial charge in [-0.2, -0.15) is 5.26 Å². The second-order valence-corrected chi connectivity index (χ2v) is 5.73. The first-order chi connectivity index (χ1) is 10.7. The van der Waals surface area contributed by atoms with Crippen molar-refractivity contribution < 1.29 is 0 Å². The van der Waals surface area contributed by atoms with Gasteiger partial charge in [-0.25, -0.2) is 9.97 Å². The van der Waals surface area contributed by atoms with Crippen molar-refractivity contribution in [2.45, 2.75) is 45.4 Å². The summed E-state index contributed by atoms with van der Waals surface area (Å²) in [5, 5.41) is 9.04. The van der Waals surface area contributed by atoms with E-state index in [1.54, 1.807) is 0 Å². The molecule has 0 bridgehead atoms. The first-order valence-electron chi connectivity index (χ1n) is 7.76. The molecular formula is C18H20ClN3. The topological polar surface area (TPSA) is 49.6 Å². The highest BCUT2D eigenvalue weighted by atomic mass is 35.5. The number of halogens is 1. The van der Waals surface area contributed by atoms with Crippen molar-refractivity contribution in [3.05, 3.63) is 46.7 Å². The van der Waals surface area contributed by atoms with Crippen LogP contribution in [-0.2, 0) is 6.42 Å². The zero-order valence-electron chi connectivity index (χ0n) is 12.8. The Morgan fingerprint density at radius 2 is 1.82 bits per heavy atom. The van der Waals surface area contributed by atoms with Crippen LogP contribution in [0.5, 0.6) is 0 Å². The molecule has 2 aromatic rings. The Balaban J connectivity index is 1.97. The summed E-state index contributed by atoms with van der Waals surface area (Å²) in [4.78, 5) is 8.36. The number of rotatable bonds is 7. The summed E-state index contributed by atoms with van der Waals surface area (Å²) in [7, 11) is 0. The molecule has 4 heteroatoms. The lowest BCUT2D eigenvalue weighted by Gasteiger charge is -2.04. The van der Waals surface area contributed by atoms with Gasteiger partial charge in [0.1, 0.15) is 11.6 Å². The molecule has 0 saturated heterocycles. The highest BCUT2D eigenvalue weighted by Gasteiger charge is 2.06. The van der Waals surface area contributed by atoms with Gasteiger partial charge >= 0.3 is 0 Å². The Morgan fingerprint density at radius 3 is 2.45 bits per heavy atom. The van der Waals surface area contributed by atoms with Crippen LogP contribution >= 0.6 is 11.6 Å². The van der Waals surface area contributed by atoms with Crippen molar-refractivity contribution in [2.24, 2.45) is 0 Å². The highest BCUT2D eigenvalue weighted by molar-refractivity contribution is 6.30. The lowest BCUT2D eigenvalue weighted by atomic mass is 10.0. The fraction of sp³-hybridized carbons (Fsp3) is 0.389. The van der Waals surface area contributed by atoms with Gasteiger partial charge in [-0.3, -0.25) is 0 Å². The van der Waals surface area contributed by atoms with E-state index < -0.39 is 0 Å². The maximum atomic E-state index is 8.84. The van der Waals surface area contributed by atoms with Crippen LogP contribution in [0.2, 0.25) is 5.15 Å². The highest BCUT2D eigenvalue weighted by Crippen LogP contribution is 2.20. The zero-order valence-corrected chi connectivity index (χ0v) is 13.6. The van der Waals surface area contributed by atoms with E-state index in [4.69, 9.17) is 16.9 Å². The predicted molar refractivity (Wildman–Crippen MR) is 89.7 cm³/mol. The van der Waals surface area contributed by atoms with Crippen LogP contribution in [0.15, 0.2) is 30.5 Å². The van der Waals surface area contributed by atoms with Crippen molar-refractivity contribution in [2.75, 3.05) is 0 Å². The third-order valence-electron chi connectivity index (χ3n) is 3.64. The number of nitriles is 1. The quantitative estimate of drug-likeness (QED) is 0.522. The molecule has 22 heavy (non-hydrogen) atoms. The summed E-state index contributed by atoms with van der Waals surface area (Å²) in [6.07, 6.45) is 9.04. The Morgan fingerprint density at radius 1 is 1.09 bits per heavy atom. The predicted octanol–water partition coefficient (Wildman–Crippen LogP) is 5.18. The van der Waals surface area contributed by atoms with Crippen LogP contribution < -0.4 is 0 Å². The molecule has 0 radical (unpaired) electrons. The van der Waals surface area contributed by atoms with E-state index in [0.717, 1.165) is 12.0 Å². The maximum absolute atomic E-state index is 8.84. The van der Waals surface area contributed by atoms with E-state index in [-0.39, 0.29) is 5.15 Å². The molecule has 0 aliphatic heterocycles. The average Bonchev–Trinajstić information content (AvgIpc) is 2.55. The molecule has 0 fully saturated rings. The van der Waals surface area contributed by atoms with E-state index >= 15 is 0 Å². The summed E-state index contributed by atoms with van der Waals surface area (Å²) in [6.45, 7) is 2.23. The molecule has 1 aromatic heterocycles. The Labute approximate surface area is 137 Å². The van der Waals surface area contributed by atoms with E-state index in [1.165, 1.54) is 43.9 Å². The first kappa shape index (κ1) is 16.5. The van der Waals surface area contributed by atoms with E-state index in [0.29, 0.717) is 11.4 Å². The van der Waals surface area contributed by atoms with Crippen molar-refractivity contribution in [1.29, 1.82) is 5.26 Å². The zero-order chi connectivity index (χ0) is 15.8. The van der Waals surface area contributed by atoms with Gasteiger partial charge in [-0.15, -0.1) is 0 Å². The van der Waals surface area contributed by atoms with Gasteiger partial charge in [-0.05, 0) is 18.4 Å². The number of hydrogen-bond donors (Lipinski definition) is 0. The van der Waals surface area contributed by atoms with Crippen LogP contribution in [0.1, 0.15) is 50.2 Å². The molecule has 114 valence electrons. The number of nitrogens with zero attached hydrogens (tertiary/aromatic N) is 3. The smallest absolute Gasteiger partial charge is 0.160 e. The van der Waals surface area contributed by atoms with Gasteiger partial charge in [0.15, 0.2) is 11.0 Å². The third-order valence-corrected chi connectivity index (χ3v) is 3.93. The molecule has 2 rings (SSSR count).